The molecule has 1 amide bonds. The predicted octanol–water partition coefficient (Wildman–Crippen LogP) is 2.50. The SMILES string of the molecule is CC(C)Oc1cc2c(OC[C@H]3CCCNC3)ccnc2cc1C(N)=O. The molecule has 25 heavy (non-hydrogen) atoms. The van der Waals surface area contributed by atoms with Gasteiger partial charge in [0.05, 0.1) is 23.8 Å². The maximum Gasteiger partial charge on any atom is 0.252 e. The standard InChI is InChI=1S/C19H25N3O3/c1-12(2)25-18-9-14-16(8-15(18)19(20)23)22-7-5-17(14)24-11-13-4-3-6-21-10-13/h5,7-9,12-13,21H,3-4,6,10-11H2,1-2H3,(H2,20,23)/t13-/m0/s1. The molecule has 1 aliphatic rings. The molecular formula is C19H25N3O3. The Morgan fingerprint density at radius 2 is 2.24 bits per heavy atom. The van der Waals surface area contributed by atoms with E-state index in [-0.39, 0.29) is 6.10 Å². The number of piperidine rings is 1. The van der Waals surface area contributed by atoms with Crippen molar-refractivity contribution in [3.63, 3.8) is 0 Å². The average molecular weight is 343 g/mol. The molecule has 0 bridgehead atoms. The van der Waals surface area contributed by atoms with Gasteiger partial charge >= 0.3 is 0 Å². The number of carbonyl (C=O) groups excluding carboxylic acids is 1. The lowest BCUT2D eigenvalue weighted by atomic mass is 10.0. The predicted molar refractivity (Wildman–Crippen MR) is 97.1 cm³/mol. The fourth-order valence-electron chi connectivity index (χ4n) is 3.09. The number of carbonyl (C=O) groups is 1. The zero-order valence-corrected chi connectivity index (χ0v) is 14.7. The zero-order chi connectivity index (χ0) is 17.8. The molecule has 0 unspecified atom stereocenters. The number of nitrogens with zero attached hydrogens (tertiary/aromatic N) is 1. The number of fused-ring (bicyclic) bond motifs is 1. The topological polar surface area (TPSA) is 86.5 Å². The Kier molecular flexibility index (Phi) is 5.38. The number of pyridine rings is 1. The molecule has 0 aliphatic carbocycles. The molecule has 0 spiro atoms. The third-order valence-corrected chi connectivity index (χ3v) is 4.30. The summed E-state index contributed by atoms with van der Waals surface area (Å²) >= 11 is 0. The van der Waals surface area contributed by atoms with Gasteiger partial charge < -0.3 is 20.5 Å². The summed E-state index contributed by atoms with van der Waals surface area (Å²) in [7, 11) is 0. The van der Waals surface area contributed by atoms with Gasteiger partial charge in [0.15, 0.2) is 0 Å². The molecular weight excluding hydrogens is 318 g/mol. The van der Waals surface area contributed by atoms with Crippen LogP contribution in [-0.2, 0) is 0 Å². The van der Waals surface area contributed by atoms with Crippen LogP contribution in [0.3, 0.4) is 0 Å². The lowest BCUT2D eigenvalue weighted by Gasteiger charge is -2.23. The Morgan fingerprint density at radius 3 is 2.92 bits per heavy atom. The number of hydrogen-bond donors (Lipinski definition) is 2. The van der Waals surface area contributed by atoms with Crippen molar-refractivity contribution in [1.82, 2.24) is 10.3 Å². The van der Waals surface area contributed by atoms with Crippen molar-refractivity contribution in [2.75, 3.05) is 19.7 Å². The smallest absolute Gasteiger partial charge is 0.252 e. The van der Waals surface area contributed by atoms with Crippen molar-refractivity contribution in [3.05, 3.63) is 30.0 Å². The number of amides is 1. The van der Waals surface area contributed by atoms with E-state index < -0.39 is 5.91 Å². The number of nitrogens with two attached hydrogens (primary N) is 1. The van der Waals surface area contributed by atoms with Gasteiger partial charge in [0.1, 0.15) is 11.5 Å². The number of aromatic nitrogens is 1. The molecule has 1 fully saturated rings. The van der Waals surface area contributed by atoms with E-state index in [4.69, 9.17) is 15.2 Å². The molecule has 134 valence electrons. The van der Waals surface area contributed by atoms with Gasteiger partial charge in [-0.25, -0.2) is 0 Å². The number of primary amides is 1. The molecule has 0 radical (unpaired) electrons. The molecule has 3 rings (SSSR count). The minimum absolute atomic E-state index is 0.0649. The fourth-order valence-corrected chi connectivity index (χ4v) is 3.09. The lowest BCUT2D eigenvalue weighted by Crippen LogP contribution is -2.33. The molecule has 3 N–H and O–H groups in total. The first-order chi connectivity index (χ1) is 12.0. The van der Waals surface area contributed by atoms with Crippen LogP contribution in [0.5, 0.6) is 11.5 Å². The van der Waals surface area contributed by atoms with Crippen LogP contribution in [0.2, 0.25) is 0 Å². The summed E-state index contributed by atoms with van der Waals surface area (Å²) < 4.78 is 11.8. The van der Waals surface area contributed by atoms with Crippen LogP contribution in [0.15, 0.2) is 24.4 Å². The highest BCUT2D eigenvalue weighted by Crippen LogP contribution is 2.32. The molecule has 1 aromatic heterocycles. The third-order valence-electron chi connectivity index (χ3n) is 4.30. The van der Waals surface area contributed by atoms with E-state index in [1.807, 2.05) is 19.9 Å². The van der Waals surface area contributed by atoms with Gasteiger partial charge in [-0.15, -0.1) is 0 Å². The van der Waals surface area contributed by atoms with Gasteiger partial charge in [-0.05, 0) is 51.4 Å². The molecule has 1 saturated heterocycles. The van der Waals surface area contributed by atoms with Gasteiger partial charge in [-0.2, -0.15) is 0 Å². The summed E-state index contributed by atoms with van der Waals surface area (Å²) in [6, 6.07) is 5.32. The van der Waals surface area contributed by atoms with Crippen LogP contribution < -0.4 is 20.5 Å². The minimum atomic E-state index is -0.529. The second-order valence-corrected chi connectivity index (χ2v) is 6.73. The number of hydrogen-bond acceptors (Lipinski definition) is 5. The molecule has 1 atom stereocenters. The first kappa shape index (κ1) is 17.5. The highest BCUT2D eigenvalue weighted by molar-refractivity contribution is 6.01. The fraction of sp³-hybridized carbons (Fsp3) is 0.474. The van der Waals surface area contributed by atoms with E-state index in [0.29, 0.717) is 29.4 Å². The molecule has 1 aliphatic heterocycles. The molecule has 6 nitrogen and oxygen atoms in total. The van der Waals surface area contributed by atoms with Gasteiger partial charge in [-0.3, -0.25) is 9.78 Å². The molecule has 2 heterocycles. The van der Waals surface area contributed by atoms with Gasteiger partial charge in [0, 0.05) is 24.0 Å². The Balaban J connectivity index is 1.91. The van der Waals surface area contributed by atoms with Crippen LogP contribution in [0.25, 0.3) is 10.9 Å². The van der Waals surface area contributed by atoms with E-state index in [0.717, 1.165) is 24.2 Å². The monoisotopic (exact) mass is 343 g/mol. The number of rotatable bonds is 6. The van der Waals surface area contributed by atoms with Crippen molar-refractivity contribution in [2.24, 2.45) is 11.7 Å². The second-order valence-electron chi connectivity index (χ2n) is 6.73. The zero-order valence-electron chi connectivity index (χ0n) is 14.7. The van der Waals surface area contributed by atoms with E-state index in [9.17, 15) is 4.79 Å². The number of ether oxygens (including phenoxy) is 2. The Morgan fingerprint density at radius 1 is 1.40 bits per heavy atom. The summed E-state index contributed by atoms with van der Waals surface area (Å²) in [5, 5.41) is 4.22. The average Bonchev–Trinajstić information content (AvgIpc) is 2.59. The van der Waals surface area contributed by atoms with Crippen LogP contribution in [0.1, 0.15) is 37.0 Å². The van der Waals surface area contributed by atoms with Crippen molar-refractivity contribution in [2.45, 2.75) is 32.8 Å². The highest BCUT2D eigenvalue weighted by Gasteiger charge is 2.17. The Labute approximate surface area is 147 Å². The van der Waals surface area contributed by atoms with Crippen LogP contribution in [0.4, 0.5) is 0 Å². The Hall–Kier alpha value is -2.34. The maximum absolute atomic E-state index is 11.7. The summed E-state index contributed by atoms with van der Waals surface area (Å²) in [6.45, 7) is 6.54. The first-order valence-electron chi connectivity index (χ1n) is 8.77. The van der Waals surface area contributed by atoms with Crippen molar-refractivity contribution in [3.8, 4) is 11.5 Å². The number of nitrogens with one attached hydrogen (secondary N) is 1. The molecule has 2 aromatic rings. The quantitative estimate of drug-likeness (QED) is 0.841. The molecule has 6 heteroatoms. The van der Waals surface area contributed by atoms with Crippen LogP contribution in [-0.4, -0.2) is 36.7 Å². The minimum Gasteiger partial charge on any atom is -0.492 e. The lowest BCUT2D eigenvalue weighted by molar-refractivity contribution is 0.0994. The first-order valence-corrected chi connectivity index (χ1v) is 8.77. The molecule has 0 saturated carbocycles. The van der Waals surface area contributed by atoms with E-state index in [2.05, 4.69) is 10.3 Å². The van der Waals surface area contributed by atoms with E-state index in [1.165, 1.54) is 12.8 Å². The van der Waals surface area contributed by atoms with Gasteiger partial charge in [0.25, 0.3) is 5.91 Å². The van der Waals surface area contributed by atoms with Crippen molar-refractivity contribution in [1.29, 1.82) is 0 Å². The summed E-state index contributed by atoms with van der Waals surface area (Å²) in [5.41, 5.74) is 6.50. The largest absolute Gasteiger partial charge is 0.492 e. The van der Waals surface area contributed by atoms with Gasteiger partial charge in [0.2, 0.25) is 0 Å². The normalized spacial score (nSPS) is 17.6. The summed E-state index contributed by atoms with van der Waals surface area (Å²) in [5.74, 6) is 1.19. The third kappa shape index (κ3) is 4.20. The van der Waals surface area contributed by atoms with Crippen molar-refractivity contribution >= 4 is 16.8 Å². The van der Waals surface area contributed by atoms with Crippen LogP contribution in [0, 0.1) is 5.92 Å². The highest BCUT2D eigenvalue weighted by atomic mass is 16.5. The van der Waals surface area contributed by atoms with E-state index >= 15 is 0 Å². The van der Waals surface area contributed by atoms with E-state index in [1.54, 1.807) is 18.3 Å². The summed E-state index contributed by atoms with van der Waals surface area (Å²) in [6.07, 6.45) is 3.97. The maximum atomic E-state index is 11.7. The molecule has 1 aromatic carbocycles. The Bertz CT molecular complexity index is 755. The number of benzene rings is 1. The summed E-state index contributed by atoms with van der Waals surface area (Å²) in [4.78, 5) is 16.1. The van der Waals surface area contributed by atoms with Gasteiger partial charge in [-0.1, -0.05) is 0 Å². The second kappa shape index (κ2) is 7.70. The van der Waals surface area contributed by atoms with Crippen LogP contribution >= 0.6 is 0 Å². The van der Waals surface area contributed by atoms with Crippen molar-refractivity contribution < 1.29 is 14.3 Å².